The van der Waals surface area contributed by atoms with Crippen LogP contribution in [0.5, 0.6) is 0 Å². The fourth-order valence-corrected chi connectivity index (χ4v) is 3.15. The van der Waals surface area contributed by atoms with Crippen molar-refractivity contribution >= 4 is 21.7 Å². The molecule has 86 valence electrons. The Labute approximate surface area is 105 Å². The number of rotatable bonds is 1. The van der Waals surface area contributed by atoms with E-state index >= 15 is 0 Å². The minimum absolute atomic E-state index is 0.0331. The monoisotopic (exact) mass is 280 g/mol. The predicted molar refractivity (Wildman–Crippen MR) is 69.9 cm³/mol. The Hall–Kier alpha value is -0.630. The Balaban J connectivity index is 2.30. The molecule has 0 aromatic heterocycles. The maximum Gasteiger partial charge on any atom is 0.147 e. The molecule has 0 heterocycles. The summed E-state index contributed by atoms with van der Waals surface area (Å²) in [5.74, 6) is 0.813. The van der Waals surface area contributed by atoms with Crippen LogP contribution in [0.4, 0.5) is 0 Å². The average Bonchev–Trinajstić information content (AvgIpc) is 2.24. The summed E-state index contributed by atoms with van der Waals surface area (Å²) < 4.78 is 0. The molecule has 0 aliphatic heterocycles. The van der Waals surface area contributed by atoms with Gasteiger partial charge in [0, 0.05) is 6.42 Å². The number of ketones is 1. The molecule has 1 fully saturated rings. The second-order valence-corrected chi connectivity index (χ2v) is 6.40. The van der Waals surface area contributed by atoms with Crippen molar-refractivity contribution in [1.29, 1.82) is 0 Å². The molecule has 0 spiro atoms. The van der Waals surface area contributed by atoms with Gasteiger partial charge in [0.1, 0.15) is 5.78 Å². The number of benzene rings is 1. The van der Waals surface area contributed by atoms with Gasteiger partial charge in [0.2, 0.25) is 0 Å². The van der Waals surface area contributed by atoms with Gasteiger partial charge in [-0.25, -0.2) is 0 Å². The maximum absolute atomic E-state index is 11.7. The SMILES string of the molecule is CC1(C)CC(=O)C(Br)CC1c1ccccc1. The zero-order valence-corrected chi connectivity index (χ0v) is 11.3. The number of hydrogen-bond donors (Lipinski definition) is 0. The summed E-state index contributed by atoms with van der Waals surface area (Å²) in [4.78, 5) is 11.8. The molecule has 0 radical (unpaired) electrons. The highest BCUT2D eigenvalue weighted by atomic mass is 79.9. The summed E-state index contributed by atoms with van der Waals surface area (Å²) in [6, 6.07) is 10.5. The number of carbonyl (C=O) groups is 1. The average molecular weight is 281 g/mol. The van der Waals surface area contributed by atoms with E-state index in [1.807, 2.05) is 6.07 Å². The fourth-order valence-electron chi connectivity index (χ4n) is 2.61. The summed E-state index contributed by atoms with van der Waals surface area (Å²) in [5.41, 5.74) is 1.42. The van der Waals surface area contributed by atoms with Crippen molar-refractivity contribution in [3.05, 3.63) is 35.9 Å². The van der Waals surface area contributed by atoms with Crippen molar-refractivity contribution in [3.8, 4) is 0 Å². The highest BCUT2D eigenvalue weighted by Crippen LogP contribution is 2.46. The highest BCUT2D eigenvalue weighted by Gasteiger charge is 2.40. The van der Waals surface area contributed by atoms with E-state index in [9.17, 15) is 4.79 Å². The van der Waals surface area contributed by atoms with E-state index in [1.165, 1.54) is 5.56 Å². The smallest absolute Gasteiger partial charge is 0.147 e. The summed E-state index contributed by atoms with van der Waals surface area (Å²) in [5, 5.41) is 0. The second-order valence-electron chi connectivity index (χ2n) is 5.30. The Kier molecular flexibility index (Phi) is 3.20. The third kappa shape index (κ3) is 2.22. The Morgan fingerprint density at radius 3 is 2.50 bits per heavy atom. The first-order valence-electron chi connectivity index (χ1n) is 5.72. The molecule has 2 rings (SSSR count). The van der Waals surface area contributed by atoms with Gasteiger partial charge in [-0.05, 0) is 23.3 Å². The zero-order chi connectivity index (χ0) is 11.8. The fraction of sp³-hybridized carbons (Fsp3) is 0.500. The van der Waals surface area contributed by atoms with Crippen LogP contribution in [0.1, 0.15) is 38.2 Å². The Morgan fingerprint density at radius 1 is 1.25 bits per heavy atom. The Morgan fingerprint density at radius 2 is 1.88 bits per heavy atom. The van der Waals surface area contributed by atoms with E-state index in [-0.39, 0.29) is 10.2 Å². The van der Waals surface area contributed by atoms with Crippen LogP contribution in [0, 0.1) is 5.41 Å². The van der Waals surface area contributed by atoms with Crippen LogP contribution < -0.4 is 0 Å². The van der Waals surface area contributed by atoms with Gasteiger partial charge in [0.15, 0.2) is 0 Å². The molecule has 1 aromatic carbocycles. The van der Waals surface area contributed by atoms with Gasteiger partial charge in [-0.15, -0.1) is 0 Å². The lowest BCUT2D eigenvalue weighted by Gasteiger charge is -2.40. The molecule has 2 unspecified atom stereocenters. The van der Waals surface area contributed by atoms with Crippen LogP contribution >= 0.6 is 15.9 Å². The summed E-state index contributed by atoms with van der Waals surface area (Å²) in [6.45, 7) is 4.39. The van der Waals surface area contributed by atoms with Gasteiger partial charge in [-0.2, -0.15) is 0 Å². The molecule has 16 heavy (non-hydrogen) atoms. The first-order chi connectivity index (χ1) is 7.50. The number of hydrogen-bond acceptors (Lipinski definition) is 1. The van der Waals surface area contributed by atoms with Crippen LogP contribution in [0.3, 0.4) is 0 Å². The van der Waals surface area contributed by atoms with E-state index in [1.54, 1.807) is 0 Å². The maximum atomic E-state index is 11.7. The van der Waals surface area contributed by atoms with Crippen LogP contribution in [0.2, 0.25) is 0 Å². The van der Waals surface area contributed by atoms with E-state index < -0.39 is 0 Å². The number of Topliss-reactive ketones (excluding diaryl/α,β-unsaturated/α-hetero) is 1. The molecule has 0 bridgehead atoms. The minimum atomic E-state index is 0.0331. The van der Waals surface area contributed by atoms with Gasteiger partial charge in [0.25, 0.3) is 0 Å². The predicted octanol–water partition coefficient (Wildman–Crippen LogP) is 3.92. The van der Waals surface area contributed by atoms with Crippen LogP contribution in [-0.2, 0) is 4.79 Å². The third-order valence-electron chi connectivity index (χ3n) is 3.57. The van der Waals surface area contributed by atoms with Crippen LogP contribution in [0.25, 0.3) is 0 Å². The molecule has 0 N–H and O–H groups in total. The van der Waals surface area contributed by atoms with E-state index in [4.69, 9.17) is 0 Å². The minimum Gasteiger partial charge on any atom is -0.298 e. The standard InChI is InChI=1S/C14H17BrO/c1-14(2)9-13(16)12(15)8-11(14)10-6-4-3-5-7-10/h3-7,11-12H,8-9H2,1-2H3. The lowest BCUT2D eigenvalue weighted by Crippen LogP contribution is -2.36. The summed E-state index contributed by atoms with van der Waals surface area (Å²) in [6.07, 6.45) is 1.58. The van der Waals surface area contributed by atoms with Crippen molar-refractivity contribution in [3.63, 3.8) is 0 Å². The largest absolute Gasteiger partial charge is 0.298 e. The summed E-state index contributed by atoms with van der Waals surface area (Å²) in [7, 11) is 0. The lowest BCUT2D eigenvalue weighted by atomic mass is 9.66. The molecular formula is C14H17BrO. The second kappa shape index (κ2) is 4.33. The normalized spacial score (nSPS) is 29.1. The molecule has 1 aromatic rings. The lowest BCUT2D eigenvalue weighted by molar-refractivity contribution is -0.122. The topological polar surface area (TPSA) is 17.1 Å². The van der Waals surface area contributed by atoms with Gasteiger partial charge < -0.3 is 0 Å². The van der Waals surface area contributed by atoms with Gasteiger partial charge in [-0.3, -0.25) is 4.79 Å². The van der Waals surface area contributed by atoms with Gasteiger partial charge in [0.05, 0.1) is 4.83 Å². The molecule has 1 nitrogen and oxygen atoms in total. The number of halogens is 1. The van der Waals surface area contributed by atoms with Crippen molar-refractivity contribution in [2.24, 2.45) is 5.41 Å². The van der Waals surface area contributed by atoms with Gasteiger partial charge in [-0.1, -0.05) is 60.1 Å². The first kappa shape index (κ1) is 11.8. The molecule has 1 saturated carbocycles. The molecule has 2 atom stereocenters. The zero-order valence-electron chi connectivity index (χ0n) is 9.74. The molecule has 0 saturated heterocycles. The summed E-state index contributed by atoms with van der Waals surface area (Å²) >= 11 is 3.49. The van der Waals surface area contributed by atoms with E-state index in [0.29, 0.717) is 18.1 Å². The molecule has 0 amide bonds. The quantitative estimate of drug-likeness (QED) is 0.713. The number of carbonyl (C=O) groups excluding carboxylic acids is 1. The van der Waals surface area contributed by atoms with Crippen molar-refractivity contribution < 1.29 is 4.79 Å². The molecule has 1 aliphatic carbocycles. The van der Waals surface area contributed by atoms with Crippen LogP contribution in [0.15, 0.2) is 30.3 Å². The van der Waals surface area contributed by atoms with E-state index in [2.05, 4.69) is 54.0 Å². The van der Waals surface area contributed by atoms with Crippen molar-refractivity contribution in [1.82, 2.24) is 0 Å². The Bertz CT molecular complexity index is 383. The van der Waals surface area contributed by atoms with Crippen molar-refractivity contribution in [2.45, 2.75) is 37.4 Å². The van der Waals surface area contributed by atoms with E-state index in [0.717, 1.165) is 6.42 Å². The van der Waals surface area contributed by atoms with Crippen LogP contribution in [-0.4, -0.2) is 10.6 Å². The molecule has 2 heteroatoms. The highest BCUT2D eigenvalue weighted by molar-refractivity contribution is 9.10. The van der Waals surface area contributed by atoms with Crippen molar-refractivity contribution in [2.75, 3.05) is 0 Å². The van der Waals surface area contributed by atoms with Gasteiger partial charge >= 0.3 is 0 Å². The number of alkyl halides is 1. The molecule has 1 aliphatic rings. The third-order valence-corrected chi connectivity index (χ3v) is 4.45. The first-order valence-corrected chi connectivity index (χ1v) is 6.64. The molecular weight excluding hydrogens is 264 g/mol.